The lowest BCUT2D eigenvalue weighted by atomic mass is 10.1. The Morgan fingerprint density at radius 1 is 1.20 bits per heavy atom. The molecule has 6 nitrogen and oxygen atoms in total. The molecule has 1 saturated heterocycles. The minimum atomic E-state index is 0.375. The van der Waals surface area contributed by atoms with E-state index in [-0.39, 0.29) is 0 Å². The van der Waals surface area contributed by atoms with Crippen LogP contribution in [0.1, 0.15) is 37.1 Å². The summed E-state index contributed by atoms with van der Waals surface area (Å²) < 4.78 is 0. The molecule has 1 atom stereocenters. The molecule has 6 heteroatoms. The van der Waals surface area contributed by atoms with Gasteiger partial charge >= 0.3 is 0 Å². The van der Waals surface area contributed by atoms with Crippen molar-refractivity contribution in [2.45, 2.75) is 32.4 Å². The molecule has 0 aliphatic carbocycles. The molecule has 1 fully saturated rings. The third kappa shape index (κ3) is 5.06. The Morgan fingerprint density at radius 2 is 2.00 bits per heavy atom. The highest BCUT2D eigenvalue weighted by molar-refractivity contribution is 5.79. The molecule has 0 spiro atoms. The van der Waals surface area contributed by atoms with Gasteiger partial charge in [0.05, 0.1) is 18.3 Å². The van der Waals surface area contributed by atoms with Gasteiger partial charge in [0.25, 0.3) is 0 Å². The van der Waals surface area contributed by atoms with Crippen LogP contribution >= 0.6 is 0 Å². The highest BCUT2D eigenvalue weighted by Gasteiger charge is 2.23. The summed E-state index contributed by atoms with van der Waals surface area (Å²) in [5.41, 5.74) is 2.37. The van der Waals surface area contributed by atoms with Gasteiger partial charge in [0.15, 0.2) is 5.96 Å². The van der Waals surface area contributed by atoms with E-state index in [1.165, 1.54) is 31.5 Å². The number of likely N-dealkylation sites (tertiary alicyclic amines) is 1. The van der Waals surface area contributed by atoms with Crippen molar-refractivity contribution in [2.24, 2.45) is 4.99 Å². The van der Waals surface area contributed by atoms with Gasteiger partial charge in [-0.15, -0.1) is 0 Å². The molecule has 0 bridgehead atoms. The number of benzene rings is 1. The number of aromatic amines is 1. The van der Waals surface area contributed by atoms with E-state index in [0.717, 1.165) is 24.7 Å². The van der Waals surface area contributed by atoms with E-state index in [2.05, 4.69) is 68.0 Å². The van der Waals surface area contributed by atoms with Crippen LogP contribution in [0.5, 0.6) is 0 Å². The molecule has 25 heavy (non-hydrogen) atoms. The van der Waals surface area contributed by atoms with Gasteiger partial charge in [0, 0.05) is 19.3 Å². The van der Waals surface area contributed by atoms with Gasteiger partial charge in [-0.2, -0.15) is 5.10 Å². The maximum absolute atomic E-state index is 4.65. The second kappa shape index (κ2) is 9.22. The molecular weight excluding hydrogens is 312 g/mol. The number of aliphatic imine (C=N–C) groups is 1. The lowest BCUT2D eigenvalue weighted by molar-refractivity contribution is 0.245. The van der Waals surface area contributed by atoms with E-state index in [0.29, 0.717) is 12.6 Å². The number of nitrogens with zero attached hydrogens (tertiary/aromatic N) is 3. The zero-order chi connectivity index (χ0) is 17.3. The molecule has 1 aromatic heterocycles. The minimum absolute atomic E-state index is 0.375. The smallest absolute Gasteiger partial charge is 0.191 e. The Morgan fingerprint density at radius 3 is 2.68 bits per heavy atom. The quantitative estimate of drug-likeness (QED) is 0.534. The number of aromatic nitrogens is 2. The summed E-state index contributed by atoms with van der Waals surface area (Å²) in [6, 6.07) is 13.1. The molecule has 1 aromatic carbocycles. The van der Waals surface area contributed by atoms with E-state index >= 15 is 0 Å². The summed E-state index contributed by atoms with van der Waals surface area (Å²) in [7, 11) is 0. The first kappa shape index (κ1) is 17.5. The zero-order valence-corrected chi connectivity index (χ0v) is 14.9. The number of rotatable bonds is 7. The van der Waals surface area contributed by atoms with Crippen molar-refractivity contribution < 1.29 is 0 Å². The minimum Gasteiger partial charge on any atom is -0.357 e. The molecular formula is C19H28N6. The maximum atomic E-state index is 4.65. The molecule has 2 heterocycles. The summed E-state index contributed by atoms with van der Waals surface area (Å²) >= 11 is 0. The van der Waals surface area contributed by atoms with Crippen molar-refractivity contribution in [3.8, 4) is 0 Å². The van der Waals surface area contributed by atoms with Gasteiger partial charge in [-0.05, 0) is 44.5 Å². The fourth-order valence-corrected chi connectivity index (χ4v) is 3.26. The van der Waals surface area contributed by atoms with Gasteiger partial charge in [0.2, 0.25) is 0 Å². The topological polar surface area (TPSA) is 68.3 Å². The predicted molar refractivity (Wildman–Crippen MR) is 101 cm³/mol. The molecule has 0 saturated carbocycles. The fourth-order valence-electron chi connectivity index (χ4n) is 3.26. The Labute approximate surface area is 149 Å². The van der Waals surface area contributed by atoms with Crippen molar-refractivity contribution in [2.75, 3.05) is 26.2 Å². The number of hydrogen-bond donors (Lipinski definition) is 3. The Bertz CT molecular complexity index is 631. The van der Waals surface area contributed by atoms with Crippen LogP contribution in [0.15, 0.2) is 47.6 Å². The third-order valence-corrected chi connectivity index (χ3v) is 4.54. The average Bonchev–Trinajstić information content (AvgIpc) is 3.35. The van der Waals surface area contributed by atoms with Crippen LogP contribution in [-0.2, 0) is 6.54 Å². The molecule has 2 aromatic rings. The molecule has 134 valence electrons. The Kier molecular flexibility index (Phi) is 6.45. The van der Waals surface area contributed by atoms with E-state index in [9.17, 15) is 0 Å². The second-order valence-electron chi connectivity index (χ2n) is 6.33. The molecule has 1 unspecified atom stereocenters. The predicted octanol–water partition coefficient (Wildman–Crippen LogP) is 2.30. The van der Waals surface area contributed by atoms with E-state index in [1.807, 2.05) is 6.07 Å². The zero-order valence-electron chi connectivity index (χ0n) is 14.9. The monoisotopic (exact) mass is 340 g/mol. The SMILES string of the molecule is CCNC(=NCc1ccn[nH]1)NCC(c1ccccc1)N1CCCC1. The number of nitrogens with one attached hydrogen (secondary N) is 3. The van der Waals surface area contributed by atoms with Crippen molar-refractivity contribution >= 4 is 5.96 Å². The highest BCUT2D eigenvalue weighted by atomic mass is 15.2. The first-order valence-electron chi connectivity index (χ1n) is 9.16. The van der Waals surface area contributed by atoms with Crippen molar-refractivity contribution in [3.05, 3.63) is 53.9 Å². The lowest BCUT2D eigenvalue weighted by Crippen LogP contribution is -2.42. The van der Waals surface area contributed by atoms with Crippen LogP contribution in [-0.4, -0.2) is 47.2 Å². The second-order valence-corrected chi connectivity index (χ2v) is 6.33. The lowest BCUT2D eigenvalue weighted by Gasteiger charge is -2.29. The van der Waals surface area contributed by atoms with Crippen LogP contribution in [0.2, 0.25) is 0 Å². The summed E-state index contributed by atoms with van der Waals surface area (Å²) in [5.74, 6) is 0.845. The summed E-state index contributed by atoms with van der Waals surface area (Å²) in [4.78, 5) is 7.22. The first-order chi connectivity index (χ1) is 12.4. The number of H-pyrrole nitrogens is 1. The Hall–Kier alpha value is -2.34. The maximum Gasteiger partial charge on any atom is 0.191 e. The Balaban J connectivity index is 1.66. The molecule has 3 rings (SSSR count). The van der Waals surface area contributed by atoms with Gasteiger partial charge in [-0.3, -0.25) is 10.00 Å². The van der Waals surface area contributed by atoms with Crippen LogP contribution in [0, 0.1) is 0 Å². The van der Waals surface area contributed by atoms with E-state index < -0.39 is 0 Å². The van der Waals surface area contributed by atoms with Crippen LogP contribution < -0.4 is 10.6 Å². The average molecular weight is 340 g/mol. The first-order valence-corrected chi connectivity index (χ1v) is 9.16. The number of guanidine groups is 1. The highest BCUT2D eigenvalue weighted by Crippen LogP contribution is 2.24. The van der Waals surface area contributed by atoms with Crippen LogP contribution in [0.25, 0.3) is 0 Å². The van der Waals surface area contributed by atoms with Gasteiger partial charge in [-0.1, -0.05) is 30.3 Å². The largest absolute Gasteiger partial charge is 0.357 e. The van der Waals surface area contributed by atoms with Crippen LogP contribution in [0.4, 0.5) is 0 Å². The number of hydrogen-bond acceptors (Lipinski definition) is 3. The molecule has 0 amide bonds. The van der Waals surface area contributed by atoms with Crippen molar-refractivity contribution in [3.63, 3.8) is 0 Å². The summed E-state index contributed by atoms with van der Waals surface area (Å²) in [6.45, 7) is 6.71. The molecule has 0 radical (unpaired) electrons. The normalized spacial score (nSPS) is 16.8. The summed E-state index contributed by atoms with van der Waals surface area (Å²) in [6.07, 6.45) is 4.33. The summed E-state index contributed by atoms with van der Waals surface area (Å²) in [5, 5.41) is 13.8. The van der Waals surface area contributed by atoms with E-state index in [4.69, 9.17) is 0 Å². The fraction of sp³-hybridized carbons (Fsp3) is 0.474. The standard InChI is InChI=1S/C19H28N6/c1-2-20-19(21-14-17-10-11-23-24-17)22-15-18(25-12-6-7-13-25)16-8-4-3-5-9-16/h3-5,8-11,18H,2,6-7,12-15H2,1H3,(H,23,24)(H2,20,21,22). The third-order valence-electron chi connectivity index (χ3n) is 4.54. The molecule has 1 aliphatic rings. The van der Waals surface area contributed by atoms with Gasteiger partial charge < -0.3 is 10.6 Å². The van der Waals surface area contributed by atoms with Crippen molar-refractivity contribution in [1.82, 2.24) is 25.7 Å². The van der Waals surface area contributed by atoms with Gasteiger partial charge in [-0.25, -0.2) is 4.99 Å². The van der Waals surface area contributed by atoms with Gasteiger partial charge in [0.1, 0.15) is 0 Å². The molecule has 1 aliphatic heterocycles. The van der Waals surface area contributed by atoms with Crippen molar-refractivity contribution in [1.29, 1.82) is 0 Å². The van der Waals surface area contributed by atoms with E-state index in [1.54, 1.807) is 6.20 Å². The van der Waals surface area contributed by atoms with Crippen LogP contribution in [0.3, 0.4) is 0 Å². The molecule has 3 N–H and O–H groups in total.